The smallest absolute Gasteiger partial charge is 0.0313 e. The van der Waals surface area contributed by atoms with E-state index in [1.54, 1.807) is 0 Å². The van der Waals surface area contributed by atoms with Crippen LogP contribution in [0.4, 0.5) is 5.69 Å². The van der Waals surface area contributed by atoms with E-state index in [-0.39, 0.29) is 40.1 Å². The Morgan fingerprint density at radius 1 is 1.00 bits per heavy atom. The van der Waals surface area contributed by atoms with Gasteiger partial charge in [0.1, 0.15) is 0 Å². The van der Waals surface area contributed by atoms with Crippen molar-refractivity contribution in [3.05, 3.63) is 37.8 Å². The number of rotatable bonds is 0. The molecule has 0 aliphatic heterocycles. The molecule has 0 fully saturated rings. The molecule has 1 rings (SSSR count). The van der Waals surface area contributed by atoms with Crippen molar-refractivity contribution in [3.8, 4) is 0 Å². The summed E-state index contributed by atoms with van der Waals surface area (Å²) in [5, 5.41) is 0. The standard InChI is InChI=1S/C6H7N.C2H6.CH3.Y/c7-6-4-2-1-3-5-6;1-2;;/h1-5H,7H2;1-2H3;1H3;/q;;-1;. The molecule has 0 spiro atoms. The second-order valence-corrected chi connectivity index (χ2v) is 1.41. The third-order valence-corrected chi connectivity index (χ3v) is 0.800. The van der Waals surface area contributed by atoms with E-state index in [0.29, 0.717) is 0 Å². The van der Waals surface area contributed by atoms with Gasteiger partial charge in [-0.2, -0.15) is 0 Å². The van der Waals surface area contributed by atoms with Crippen LogP contribution in [0, 0.1) is 7.43 Å². The Morgan fingerprint density at radius 2 is 1.36 bits per heavy atom. The van der Waals surface area contributed by atoms with Crippen molar-refractivity contribution in [2.75, 3.05) is 5.73 Å². The number of hydrogen-bond donors (Lipinski definition) is 1. The van der Waals surface area contributed by atoms with Crippen molar-refractivity contribution >= 4 is 5.69 Å². The zero-order valence-corrected chi connectivity index (χ0v) is 10.4. The average Bonchev–Trinajstić information content (AvgIpc) is 1.94. The van der Waals surface area contributed by atoms with Gasteiger partial charge in [0, 0.05) is 38.4 Å². The van der Waals surface area contributed by atoms with Crippen LogP contribution in [-0.2, 0) is 32.7 Å². The molecule has 1 aromatic carbocycles. The molecule has 0 aliphatic rings. The second-order valence-electron chi connectivity index (χ2n) is 1.41. The number of benzene rings is 1. The Balaban J connectivity index is -0.000000149. The van der Waals surface area contributed by atoms with Gasteiger partial charge in [0.25, 0.3) is 0 Å². The molecular formula is C9H16NY-. The Kier molecular flexibility index (Phi) is 20.1. The normalized spacial score (nSPS) is 6.00. The van der Waals surface area contributed by atoms with Gasteiger partial charge < -0.3 is 13.2 Å². The van der Waals surface area contributed by atoms with Crippen molar-refractivity contribution in [1.29, 1.82) is 0 Å². The minimum Gasteiger partial charge on any atom is -0.399 e. The van der Waals surface area contributed by atoms with Gasteiger partial charge in [0.15, 0.2) is 0 Å². The number of nitrogen functional groups attached to an aromatic ring is 1. The van der Waals surface area contributed by atoms with Gasteiger partial charge in [-0.15, -0.1) is 0 Å². The summed E-state index contributed by atoms with van der Waals surface area (Å²) in [4.78, 5) is 0. The Labute approximate surface area is 95.3 Å². The predicted molar refractivity (Wildman–Crippen MR) is 48.6 cm³/mol. The van der Waals surface area contributed by atoms with Crippen LogP contribution in [0.3, 0.4) is 0 Å². The van der Waals surface area contributed by atoms with Crippen LogP contribution in [0.25, 0.3) is 0 Å². The fraction of sp³-hybridized carbons (Fsp3) is 0.222. The first-order valence-corrected chi connectivity index (χ1v) is 3.20. The first kappa shape index (κ1) is 17.3. The summed E-state index contributed by atoms with van der Waals surface area (Å²) >= 11 is 0. The Bertz CT molecular complexity index is 139. The van der Waals surface area contributed by atoms with Crippen molar-refractivity contribution in [3.63, 3.8) is 0 Å². The number of para-hydroxylation sites is 1. The van der Waals surface area contributed by atoms with E-state index in [1.807, 2.05) is 44.2 Å². The van der Waals surface area contributed by atoms with Crippen LogP contribution in [0.5, 0.6) is 0 Å². The van der Waals surface area contributed by atoms with Gasteiger partial charge >= 0.3 is 0 Å². The second kappa shape index (κ2) is 12.8. The van der Waals surface area contributed by atoms with E-state index in [0.717, 1.165) is 5.69 Å². The molecule has 0 heterocycles. The summed E-state index contributed by atoms with van der Waals surface area (Å²) in [6.45, 7) is 4.00. The van der Waals surface area contributed by atoms with E-state index < -0.39 is 0 Å². The summed E-state index contributed by atoms with van der Waals surface area (Å²) < 4.78 is 0. The fourth-order valence-electron chi connectivity index (χ4n) is 0.453. The monoisotopic (exact) mass is 227 g/mol. The van der Waals surface area contributed by atoms with Crippen molar-refractivity contribution in [1.82, 2.24) is 0 Å². The van der Waals surface area contributed by atoms with Crippen LogP contribution in [0.1, 0.15) is 13.8 Å². The Hall–Kier alpha value is 0.124. The molecule has 11 heavy (non-hydrogen) atoms. The molecule has 61 valence electrons. The van der Waals surface area contributed by atoms with Crippen LogP contribution in [-0.4, -0.2) is 0 Å². The van der Waals surface area contributed by atoms with Gasteiger partial charge in [-0.1, -0.05) is 32.0 Å². The fourth-order valence-corrected chi connectivity index (χ4v) is 0.453. The van der Waals surface area contributed by atoms with Crippen molar-refractivity contribution in [2.24, 2.45) is 0 Å². The van der Waals surface area contributed by atoms with Crippen molar-refractivity contribution in [2.45, 2.75) is 13.8 Å². The number of hydrogen-bond acceptors (Lipinski definition) is 1. The maximum atomic E-state index is 5.36. The van der Waals surface area contributed by atoms with Gasteiger partial charge in [0.05, 0.1) is 0 Å². The van der Waals surface area contributed by atoms with E-state index >= 15 is 0 Å². The van der Waals surface area contributed by atoms with E-state index in [4.69, 9.17) is 5.73 Å². The molecule has 0 bridgehead atoms. The first-order valence-electron chi connectivity index (χ1n) is 3.20. The summed E-state index contributed by atoms with van der Waals surface area (Å²) in [5.74, 6) is 0. The van der Waals surface area contributed by atoms with Gasteiger partial charge in [-0.05, 0) is 12.1 Å². The van der Waals surface area contributed by atoms with E-state index in [9.17, 15) is 0 Å². The maximum Gasteiger partial charge on any atom is 0.0313 e. The van der Waals surface area contributed by atoms with E-state index in [1.165, 1.54) is 0 Å². The van der Waals surface area contributed by atoms with Gasteiger partial charge in [-0.3, -0.25) is 0 Å². The van der Waals surface area contributed by atoms with Crippen LogP contribution in [0.15, 0.2) is 30.3 Å². The minimum atomic E-state index is 0. The van der Waals surface area contributed by atoms with Gasteiger partial charge in [0.2, 0.25) is 0 Å². The van der Waals surface area contributed by atoms with Gasteiger partial charge in [-0.25, -0.2) is 0 Å². The third kappa shape index (κ3) is 10.1. The summed E-state index contributed by atoms with van der Waals surface area (Å²) in [6.07, 6.45) is 0. The molecule has 2 N–H and O–H groups in total. The first-order chi connectivity index (χ1) is 4.39. The van der Waals surface area contributed by atoms with E-state index in [2.05, 4.69) is 0 Å². The molecule has 0 amide bonds. The van der Waals surface area contributed by atoms with Crippen LogP contribution < -0.4 is 5.73 Å². The quantitative estimate of drug-likeness (QED) is 0.535. The molecule has 0 aromatic heterocycles. The van der Waals surface area contributed by atoms with Crippen molar-refractivity contribution < 1.29 is 32.7 Å². The molecular weight excluding hydrogens is 211 g/mol. The molecule has 1 radical (unpaired) electrons. The Morgan fingerprint density at radius 3 is 1.55 bits per heavy atom. The molecule has 0 saturated carbocycles. The molecule has 0 atom stereocenters. The molecule has 0 saturated heterocycles. The predicted octanol–water partition coefficient (Wildman–Crippen LogP) is 2.74. The zero-order valence-electron chi connectivity index (χ0n) is 7.54. The number of anilines is 1. The average molecular weight is 227 g/mol. The van der Waals surface area contributed by atoms with Crippen LogP contribution >= 0.6 is 0 Å². The molecule has 1 nitrogen and oxygen atoms in total. The topological polar surface area (TPSA) is 26.0 Å². The minimum absolute atomic E-state index is 0. The van der Waals surface area contributed by atoms with Crippen LogP contribution in [0.2, 0.25) is 0 Å². The summed E-state index contributed by atoms with van der Waals surface area (Å²) in [6, 6.07) is 9.49. The largest absolute Gasteiger partial charge is 0.399 e. The number of nitrogens with two attached hydrogens (primary N) is 1. The molecule has 1 aromatic rings. The zero-order chi connectivity index (χ0) is 7.11. The SMILES string of the molecule is CC.Nc1ccccc1.[CH3-].[Y]. The molecule has 0 aliphatic carbocycles. The summed E-state index contributed by atoms with van der Waals surface area (Å²) in [7, 11) is 0. The maximum absolute atomic E-state index is 5.36. The molecule has 0 unspecified atom stereocenters. The third-order valence-electron chi connectivity index (χ3n) is 0.800. The molecule has 2 heteroatoms. The summed E-state index contributed by atoms with van der Waals surface area (Å²) in [5.41, 5.74) is 6.18.